The number of rotatable bonds is 10. The largest absolute Gasteiger partial charge is 0.369 e. The highest BCUT2D eigenvalue weighted by atomic mass is 16.3. The predicted octanol–water partition coefficient (Wildman–Crippen LogP) is 6.40. The van der Waals surface area contributed by atoms with Crippen LogP contribution in [-0.4, -0.2) is 22.0 Å². The number of hydrogen-bond donors (Lipinski definition) is 6. The lowest BCUT2D eigenvalue weighted by atomic mass is 10.1. The molecule has 0 bridgehead atoms. The van der Waals surface area contributed by atoms with Crippen molar-refractivity contribution < 1.29 is 19.8 Å². The normalized spacial score (nSPS) is 12.0. The smallest absolute Gasteiger partial charge is 0.255 e. The molecule has 0 aliphatic carbocycles. The number of anilines is 4. The fourth-order valence-corrected chi connectivity index (χ4v) is 4.33. The lowest BCUT2D eigenvalue weighted by Gasteiger charge is -2.17. The van der Waals surface area contributed by atoms with Crippen LogP contribution in [0, 0.1) is 0 Å². The molecule has 0 fully saturated rings. The Morgan fingerprint density at radius 1 is 0.452 bits per heavy atom. The van der Waals surface area contributed by atoms with E-state index in [1.807, 2.05) is 48.5 Å². The number of carbonyl (C=O) groups excluding carboxylic acids is 2. The Hall–Kier alpha value is -5.44. The molecule has 8 nitrogen and oxygen atoms in total. The molecule has 8 heteroatoms. The number of nitrogens with one attached hydrogen (secondary N) is 4. The van der Waals surface area contributed by atoms with Crippen LogP contribution in [0.1, 0.15) is 44.3 Å². The van der Waals surface area contributed by atoms with Gasteiger partial charge in [-0.25, -0.2) is 0 Å². The van der Waals surface area contributed by atoms with Gasteiger partial charge in [-0.05, 0) is 66.7 Å². The molecule has 42 heavy (non-hydrogen) atoms. The van der Waals surface area contributed by atoms with E-state index in [2.05, 4.69) is 21.3 Å². The molecule has 210 valence electrons. The van der Waals surface area contributed by atoms with Gasteiger partial charge in [0, 0.05) is 45.0 Å². The zero-order valence-corrected chi connectivity index (χ0v) is 22.6. The third-order valence-electron chi connectivity index (χ3n) is 6.46. The van der Waals surface area contributed by atoms with E-state index in [1.165, 1.54) is 0 Å². The lowest BCUT2D eigenvalue weighted by Crippen LogP contribution is -2.15. The Kier molecular flexibility index (Phi) is 8.88. The quantitative estimate of drug-likeness (QED) is 0.110. The molecule has 2 amide bonds. The van der Waals surface area contributed by atoms with Gasteiger partial charge in [0.25, 0.3) is 11.8 Å². The maximum atomic E-state index is 13.0. The standard InChI is InChI=1S/C34H30N4O4/c39-31(35-27-14-3-1-4-15-27)23-10-7-12-25(20-23)33(41)37-29-18-9-19-30(22-29)38-34(42)26-13-8-11-24(21-26)32(40)36-28-16-5-2-6-17-28/h1-22,31,34-35,38-39,42H,(H,36,40)(H,37,41). The van der Waals surface area contributed by atoms with Crippen LogP contribution in [0.4, 0.5) is 22.7 Å². The van der Waals surface area contributed by atoms with Crippen molar-refractivity contribution >= 4 is 34.6 Å². The molecule has 6 N–H and O–H groups in total. The van der Waals surface area contributed by atoms with Gasteiger partial charge in [0.1, 0.15) is 0 Å². The van der Waals surface area contributed by atoms with E-state index in [9.17, 15) is 19.8 Å². The van der Waals surface area contributed by atoms with Crippen molar-refractivity contribution in [2.75, 3.05) is 21.3 Å². The third-order valence-corrected chi connectivity index (χ3v) is 6.46. The van der Waals surface area contributed by atoms with E-state index in [-0.39, 0.29) is 11.8 Å². The van der Waals surface area contributed by atoms with Gasteiger partial charge in [0.05, 0.1) is 0 Å². The number of hydrogen-bond acceptors (Lipinski definition) is 6. The van der Waals surface area contributed by atoms with E-state index in [0.717, 1.165) is 5.69 Å². The van der Waals surface area contributed by atoms with Gasteiger partial charge in [-0.15, -0.1) is 0 Å². The summed E-state index contributed by atoms with van der Waals surface area (Å²) in [6.07, 6.45) is -2.09. The molecule has 5 aromatic carbocycles. The first-order chi connectivity index (χ1) is 20.4. The summed E-state index contributed by atoms with van der Waals surface area (Å²) in [5, 5.41) is 33.2. The molecule has 0 spiro atoms. The van der Waals surface area contributed by atoms with Gasteiger partial charge in [-0.1, -0.05) is 66.7 Å². The molecule has 0 aliphatic heterocycles. The highest BCUT2D eigenvalue weighted by molar-refractivity contribution is 6.05. The Balaban J connectivity index is 1.22. The van der Waals surface area contributed by atoms with Crippen molar-refractivity contribution in [3.8, 4) is 0 Å². The summed E-state index contributed by atoms with van der Waals surface area (Å²) in [7, 11) is 0. The van der Waals surface area contributed by atoms with Crippen LogP contribution in [0.5, 0.6) is 0 Å². The highest BCUT2D eigenvalue weighted by Gasteiger charge is 2.14. The number of aliphatic hydroxyl groups is 2. The minimum absolute atomic E-state index is 0.285. The average Bonchev–Trinajstić information content (AvgIpc) is 3.02. The van der Waals surface area contributed by atoms with Crippen LogP contribution in [0.2, 0.25) is 0 Å². The molecule has 5 rings (SSSR count). The van der Waals surface area contributed by atoms with Crippen LogP contribution < -0.4 is 21.3 Å². The maximum Gasteiger partial charge on any atom is 0.255 e. The van der Waals surface area contributed by atoms with Crippen LogP contribution in [0.3, 0.4) is 0 Å². The van der Waals surface area contributed by atoms with Crippen LogP contribution >= 0.6 is 0 Å². The van der Waals surface area contributed by atoms with Gasteiger partial charge in [-0.2, -0.15) is 0 Å². The minimum Gasteiger partial charge on any atom is -0.369 e. The summed E-state index contributed by atoms with van der Waals surface area (Å²) >= 11 is 0. The lowest BCUT2D eigenvalue weighted by molar-refractivity contribution is 0.101. The molecule has 2 atom stereocenters. The van der Waals surface area contributed by atoms with Gasteiger partial charge >= 0.3 is 0 Å². The van der Waals surface area contributed by atoms with Crippen molar-refractivity contribution in [2.45, 2.75) is 12.5 Å². The highest BCUT2D eigenvalue weighted by Crippen LogP contribution is 2.23. The Morgan fingerprint density at radius 3 is 1.45 bits per heavy atom. The molecule has 0 aliphatic rings. The van der Waals surface area contributed by atoms with E-state index in [1.54, 1.807) is 84.9 Å². The summed E-state index contributed by atoms with van der Waals surface area (Å²) in [6, 6.07) is 38.9. The molecular weight excluding hydrogens is 528 g/mol. The maximum absolute atomic E-state index is 13.0. The summed E-state index contributed by atoms with van der Waals surface area (Å²) < 4.78 is 0. The first-order valence-corrected chi connectivity index (χ1v) is 13.4. The minimum atomic E-state index is -1.10. The number of aliphatic hydroxyl groups excluding tert-OH is 2. The zero-order valence-electron chi connectivity index (χ0n) is 22.6. The predicted molar refractivity (Wildman–Crippen MR) is 165 cm³/mol. The zero-order chi connectivity index (χ0) is 29.3. The second kappa shape index (κ2) is 13.3. The second-order valence-corrected chi connectivity index (χ2v) is 9.57. The summed E-state index contributed by atoms with van der Waals surface area (Å²) in [5.74, 6) is -0.633. The summed E-state index contributed by atoms with van der Waals surface area (Å²) in [5.41, 5.74) is 4.35. The summed E-state index contributed by atoms with van der Waals surface area (Å²) in [4.78, 5) is 25.7. The van der Waals surface area contributed by atoms with Crippen molar-refractivity contribution in [3.05, 3.63) is 156 Å². The fraction of sp³-hybridized carbons (Fsp3) is 0.0588. The molecular formula is C34H30N4O4. The molecule has 0 radical (unpaired) electrons. The fourth-order valence-electron chi connectivity index (χ4n) is 4.33. The van der Waals surface area contributed by atoms with E-state index in [4.69, 9.17) is 0 Å². The van der Waals surface area contributed by atoms with E-state index >= 15 is 0 Å². The average molecular weight is 559 g/mol. The monoisotopic (exact) mass is 558 g/mol. The Labute approximate surface area is 243 Å². The van der Waals surface area contributed by atoms with Gasteiger partial charge in [-0.3, -0.25) is 9.59 Å². The molecule has 0 aromatic heterocycles. The van der Waals surface area contributed by atoms with E-state index in [0.29, 0.717) is 39.3 Å². The number of benzene rings is 5. The molecule has 0 saturated carbocycles. The molecule has 0 saturated heterocycles. The van der Waals surface area contributed by atoms with Crippen molar-refractivity contribution in [3.63, 3.8) is 0 Å². The number of para-hydroxylation sites is 2. The van der Waals surface area contributed by atoms with Crippen LogP contribution in [0.15, 0.2) is 133 Å². The van der Waals surface area contributed by atoms with Crippen LogP contribution in [-0.2, 0) is 0 Å². The first kappa shape index (κ1) is 28.1. The van der Waals surface area contributed by atoms with Crippen molar-refractivity contribution in [2.24, 2.45) is 0 Å². The number of carbonyl (C=O) groups is 2. The SMILES string of the molecule is O=C(Nc1cccc(NC(O)c2cccc(C(=O)Nc3ccccc3)c2)c1)c1cccc(C(O)Nc2ccccc2)c1. The number of amides is 2. The van der Waals surface area contributed by atoms with Crippen LogP contribution in [0.25, 0.3) is 0 Å². The molecule has 0 heterocycles. The Morgan fingerprint density at radius 2 is 0.881 bits per heavy atom. The molecule has 2 unspecified atom stereocenters. The Bertz CT molecular complexity index is 1660. The van der Waals surface area contributed by atoms with Gasteiger partial charge < -0.3 is 31.5 Å². The topological polar surface area (TPSA) is 123 Å². The van der Waals surface area contributed by atoms with E-state index < -0.39 is 12.5 Å². The summed E-state index contributed by atoms with van der Waals surface area (Å²) in [6.45, 7) is 0. The van der Waals surface area contributed by atoms with Gasteiger partial charge in [0.15, 0.2) is 12.5 Å². The first-order valence-electron chi connectivity index (χ1n) is 13.4. The van der Waals surface area contributed by atoms with Gasteiger partial charge in [0.2, 0.25) is 0 Å². The third kappa shape index (κ3) is 7.39. The second-order valence-electron chi connectivity index (χ2n) is 9.57. The van der Waals surface area contributed by atoms with Crippen molar-refractivity contribution in [1.29, 1.82) is 0 Å². The van der Waals surface area contributed by atoms with Crippen molar-refractivity contribution in [1.82, 2.24) is 0 Å². The molecule has 5 aromatic rings.